The van der Waals surface area contributed by atoms with Crippen LogP contribution in [0, 0.1) is 29.6 Å². The van der Waals surface area contributed by atoms with Crippen LogP contribution in [0.2, 0.25) is 0 Å². The summed E-state index contributed by atoms with van der Waals surface area (Å²) >= 11 is 0. The predicted octanol–water partition coefficient (Wildman–Crippen LogP) is 6.00. The van der Waals surface area contributed by atoms with Gasteiger partial charge >= 0.3 is 0 Å². The first-order valence-electron chi connectivity index (χ1n) is 8.29. The molecule has 0 N–H and O–H groups in total. The van der Waals surface area contributed by atoms with Crippen molar-refractivity contribution in [2.75, 3.05) is 0 Å². The molecule has 0 aliphatic heterocycles. The summed E-state index contributed by atoms with van der Waals surface area (Å²) in [5.74, 6) is 4.08. The molecule has 0 bridgehead atoms. The molecule has 1 saturated carbocycles. The van der Waals surface area contributed by atoms with Crippen LogP contribution in [0.1, 0.15) is 67.7 Å². The molecule has 1 fully saturated rings. The molecule has 0 heteroatoms. The van der Waals surface area contributed by atoms with Crippen LogP contribution in [-0.2, 0) is 0 Å². The molecule has 5 unspecified atom stereocenters. The standard InChI is InChI=1S/C19H32/c1-8-9-17-15(6)18-10-11(2)12(3)13(4)14(5)19(18)16(17)7/h11-14,19H,8-10H2,1-7H3. The van der Waals surface area contributed by atoms with E-state index in [4.69, 9.17) is 0 Å². The van der Waals surface area contributed by atoms with Crippen LogP contribution in [0.4, 0.5) is 0 Å². The molecule has 0 saturated heterocycles. The Morgan fingerprint density at radius 3 is 2.16 bits per heavy atom. The zero-order valence-electron chi connectivity index (χ0n) is 14.0. The van der Waals surface area contributed by atoms with Gasteiger partial charge in [0.05, 0.1) is 0 Å². The van der Waals surface area contributed by atoms with Gasteiger partial charge in [0.1, 0.15) is 0 Å². The first-order valence-corrected chi connectivity index (χ1v) is 8.29. The minimum atomic E-state index is 0.754. The molecule has 2 aliphatic carbocycles. The molecule has 0 heterocycles. The van der Waals surface area contributed by atoms with Gasteiger partial charge in [-0.3, -0.25) is 0 Å². The number of hydrogen-bond acceptors (Lipinski definition) is 0. The van der Waals surface area contributed by atoms with E-state index in [1.165, 1.54) is 19.3 Å². The smallest absolute Gasteiger partial charge is 0.00443 e. The summed E-state index contributed by atoms with van der Waals surface area (Å²) in [5, 5.41) is 0. The molecule has 0 aromatic carbocycles. The Kier molecular flexibility index (Phi) is 4.28. The van der Waals surface area contributed by atoms with Crippen LogP contribution >= 0.6 is 0 Å². The van der Waals surface area contributed by atoms with E-state index >= 15 is 0 Å². The molecule has 0 nitrogen and oxygen atoms in total. The van der Waals surface area contributed by atoms with Crippen LogP contribution in [0.25, 0.3) is 0 Å². The monoisotopic (exact) mass is 260 g/mol. The Hall–Kier alpha value is -0.520. The molecule has 0 amide bonds. The van der Waals surface area contributed by atoms with Gasteiger partial charge in [0.15, 0.2) is 0 Å². The maximum atomic E-state index is 2.50. The van der Waals surface area contributed by atoms with Crippen molar-refractivity contribution in [3.05, 3.63) is 22.3 Å². The quantitative estimate of drug-likeness (QED) is 0.571. The van der Waals surface area contributed by atoms with Gasteiger partial charge in [0, 0.05) is 5.92 Å². The Morgan fingerprint density at radius 1 is 0.947 bits per heavy atom. The average molecular weight is 260 g/mol. The van der Waals surface area contributed by atoms with Gasteiger partial charge in [0.2, 0.25) is 0 Å². The second-order valence-electron chi connectivity index (χ2n) is 7.30. The summed E-state index contributed by atoms with van der Waals surface area (Å²) < 4.78 is 0. The van der Waals surface area contributed by atoms with Crippen molar-refractivity contribution >= 4 is 0 Å². The third-order valence-corrected chi connectivity index (χ3v) is 6.38. The summed E-state index contributed by atoms with van der Waals surface area (Å²) in [6.45, 7) is 17.0. The molecule has 2 aliphatic rings. The predicted molar refractivity (Wildman–Crippen MR) is 85.1 cm³/mol. The van der Waals surface area contributed by atoms with Crippen LogP contribution in [0.3, 0.4) is 0 Å². The number of allylic oxidation sites excluding steroid dienone is 4. The Balaban J connectivity index is 2.44. The number of hydrogen-bond donors (Lipinski definition) is 0. The minimum absolute atomic E-state index is 0.754. The van der Waals surface area contributed by atoms with Crippen molar-refractivity contribution in [1.29, 1.82) is 0 Å². The van der Waals surface area contributed by atoms with Gasteiger partial charge < -0.3 is 0 Å². The molecule has 2 rings (SSSR count). The molecule has 108 valence electrons. The van der Waals surface area contributed by atoms with Crippen molar-refractivity contribution < 1.29 is 0 Å². The molecule has 0 aromatic heterocycles. The minimum Gasteiger partial charge on any atom is -0.0651 e. The fourth-order valence-corrected chi connectivity index (χ4v) is 4.63. The lowest BCUT2D eigenvalue weighted by Crippen LogP contribution is -2.23. The zero-order valence-corrected chi connectivity index (χ0v) is 14.0. The van der Waals surface area contributed by atoms with Crippen molar-refractivity contribution in [2.45, 2.75) is 67.7 Å². The lowest BCUT2D eigenvalue weighted by molar-refractivity contribution is 0.216. The van der Waals surface area contributed by atoms with Gasteiger partial charge in [0.25, 0.3) is 0 Å². The molecule has 5 atom stereocenters. The van der Waals surface area contributed by atoms with Crippen LogP contribution in [0.15, 0.2) is 22.3 Å². The first-order chi connectivity index (χ1) is 8.90. The van der Waals surface area contributed by atoms with Crippen molar-refractivity contribution in [1.82, 2.24) is 0 Å². The highest BCUT2D eigenvalue weighted by Crippen LogP contribution is 2.51. The molecular formula is C19H32. The summed E-state index contributed by atoms with van der Waals surface area (Å²) in [5.41, 5.74) is 6.85. The van der Waals surface area contributed by atoms with Crippen LogP contribution in [-0.4, -0.2) is 0 Å². The van der Waals surface area contributed by atoms with E-state index in [1.54, 1.807) is 22.3 Å². The van der Waals surface area contributed by atoms with E-state index in [0.717, 1.165) is 29.6 Å². The average Bonchev–Trinajstić information content (AvgIpc) is 2.56. The Bertz CT molecular complexity index is 410. The van der Waals surface area contributed by atoms with Gasteiger partial charge in [-0.05, 0) is 61.5 Å². The summed E-state index contributed by atoms with van der Waals surface area (Å²) in [6.07, 6.45) is 3.89. The van der Waals surface area contributed by atoms with E-state index < -0.39 is 0 Å². The largest absolute Gasteiger partial charge is 0.0651 e. The zero-order chi connectivity index (χ0) is 14.3. The molecule has 0 spiro atoms. The van der Waals surface area contributed by atoms with Gasteiger partial charge in [-0.1, -0.05) is 52.2 Å². The molecule has 0 aromatic rings. The van der Waals surface area contributed by atoms with Crippen LogP contribution in [0.5, 0.6) is 0 Å². The number of fused-ring (bicyclic) bond motifs is 1. The van der Waals surface area contributed by atoms with Crippen molar-refractivity contribution in [3.8, 4) is 0 Å². The van der Waals surface area contributed by atoms with E-state index in [-0.39, 0.29) is 0 Å². The van der Waals surface area contributed by atoms with E-state index in [9.17, 15) is 0 Å². The topological polar surface area (TPSA) is 0 Å². The third-order valence-electron chi connectivity index (χ3n) is 6.38. The molecular weight excluding hydrogens is 228 g/mol. The van der Waals surface area contributed by atoms with Gasteiger partial charge in [-0.15, -0.1) is 0 Å². The van der Waals surface area contributed by atoms with Gasteiger partial charge in [-0.2, -0.15) is 0 Å². The SMILES string of the molecule is CCCC1=C(C)C2C(=C1C)CC(C)C(C)C(C)C2C. The highest BCUT2D eigenvalue weighted by Gasteiger charge is 2.40. The highest BCUT2D eigenvalue weighted by atomic mass is 14.4. The third kappa shape index (κ3) is 2.32. The summed E-state index contributed by atoms with van der Waals surface area (Å²) in [4.78, 5) is 0. The maximum Gasteiger partial charge on any atom is 0.00443 e. The van der Waals surface area contributed by atoms with E-state index in [0.29, 0.717) is 0 Å². The van der Waals surface area contributed by atoms with E-state index in [2.05, 4.69) is 48.5 Å². The van der Waals surface area contributed by atoms with Crippen molar-refractivity contribution in [3.63, 3.8) is 0 Å². The maximum absolute atomic E-state index is 2.50. The van der Waals surface area contributed by atoms with Crippen LogP contribution < -0.4 is 0 Å². The fourth-order valence-electron chi connectivity index (χ4n) is 4.63. The first kappa shape index (κ1) is 14.9. The van der Waals surface area contributed by atoms with Crippen molar-refractivity contribution in [2.24, 2.45) is 29.6 Å². The highest BCUT2D eigenvalue weighted by molar-refractivity contribution is 5.49. The Labute approximate surface area is 120 Å². The summed E-state index contributed by atoms with van der Waals surface area (Å²) in [7, 11) is 0. The lowest BCUT2D eigenvalue weighted by atomic mass is 9.75. The lowest BCUT2D eigenvalue weighted by Gasteiger charge is -2.30. The Morgan fingerprint density at radius 2 is 1.58 bits per heavy atom. The molecule has 0 radical (unpaired) electrons. The second-order valence-corrected chi connectivity index (χ2v) is 7.30. The van der Waals surface area contributed by atoms with E-state index in [1.807, 2.05) is 0 Å². The molecule has 19 heavy (non-hydrogen) atoms. The van der Waals surface area contributed by atoms with Gasteiger partial charge in [-0.25, -0.2) is 0 Å². The second kappa shape index (κ2) is 5.46. The number of rotatable bonds is 2. The summed E-state index contributed by atoms with van der Waals surface area (Å²) in [6, 6.07) is 0. The normalized spacial score (nSPS) is 39.6. The fraction of sp³-hybridized carbons (Fsp3) is 0.789.